The number of para-hydroxylation sites is 2. The number of methoxy groups -OCH3 is 1. The van der Waals surface area contributed by atoms with E-state index in [0.29, 0.717) is 36.6 Å². The van der Waals surface area contributed by atoms with Gasteiger partial charge in [0.05, 0.1) is 17.5 Å². The minimum atomic E-state index is -2.68. The third-order valence-electron chi connectivity index (χ3n) is 7.70. The first kappa shape index (κ1) is 27.3. The van der Waals surface area contributed by atoms with Crippen molar-refractivity contribution in [2.75, 3.05) is 25.2 Å². The number of hydrogen-bond acceptors (Lipinski definition) is 8. The number of aliphatic hydroxyl groups excluding tert-OH is 1. The second-order valence-electron chi connectivity index (χ2n) is 10.8. The van der Waals surface area contributed by atoms with Crippen LogP contribution in [0.2, 0.25) is 18.6 Å². The summed E-state index contributed by atoms with van der Waals surface area (Å²) in [5, 5.41) is 17.5. The van der Waals surface area contributed by atoms with Gasteiger partial charge in [-0.3, -0.25) is 14.4 Å². The van der Waals surface area contributed by atoms with Crippen LogP contribution in [0.25, 0.3) is 0 Å². The van der Waals surface area contributed by atoms with Gasteiger partial charge in [0.25, 0.3) is 5.91 Å². The number of anilines is 2. The second-order valence-corrected chi connectivity index (χ2v) is 14.8. The molecule has 10 nitrogen and oxygen atoms in total. The van der Waals surface area contributed by atoms with Gasteiger partial charge in [-0.2, -0.15) is 0 Å². The summed E-state index contributed by atoms with van der Waals surface area (Å²) in [6, 6.07) is 13.2. The molecule has 2 aromatic carbocycles. The lowest BCUT2D eigenvalue weighted by atomic mass is 9.86. The number of amides is 1. The van der Waals surface area contributed by atoms with Gasteiger partial charge in [-0.25, -0.2) is 0 Å². The normalized spacial score (nSPS) is 21.5. The molecular weight excluding hydrogens is 516 g/mol. The van der Waals surface area contributed by atoms with E-state index < -0.39 is 8.32 Å². The summed E-state index contributed by atoms with van der Waals surface area (Å²) >= 11 is 0. The number of aryl methyl sites for hydroxylation is 1. The Morgan fingerprint density at radius 1 is 1.21 bits per heavy atom. The van der Waals surface area contributed by atoms with Gasteiger partial charge in [-0.05, 0) is 49.8 Å². The molecule has 0 radical (unpaired) electrons. The average molecular weight is 553 g/mol. The predicted molar refractivity (Wildman–Crippen MR) is 148 cm³/mol. The molecule has 0 saturated carbocycles. The fourth-order valence-electron chi connectivity index (χ4n) is 5.76. The molecule has 2 aliphatic heterocycles. The van der Waals surface area contributed by atoms with E-state index >= 15 is 0 Å². The van der Waals surface area contributed by atoms with E-state index in [4.69, 9.17) is 14.2 Å². The molecule has 208 valence electrons. The Labute approximate surface area is 229 Å². The predicted octanol–water partition coefficient (Wildman–Crippen LogP) is 3.61. The third kappa shape index (κ3) is 5.44. The maximum Gasteiger partial charge on any atom is 0.269 e. The summed E-state index contributed by atoms with van der Waals surface area (Å²) in [7, 11) is -0.993. The summed E-state index contributed by atoms with van der Waals surface area (Å²) in [6.45, 7) is 6.54. The first-order chi connectivity index (χ1) is 18.7. The molecule has 39 heavy (non-hydrogen) atoms. The van der Waals surface area contributed by atoms with Crippen molar-refractivity contribution < 1.29 is 28.9 Å². The molecule has 0 spiro atoms. The van der Waals surface area contributed by atoms with E-state index in [2.05, 4.69) is 17.2 Å². The van der Waals surface area contributed by atoms with Crippen LogP contribution in [0.15, 0.2) is 48.7 Å². The van der Waals surface area contributed by atoms with Crippen molar-refractivity contribution in [3.63, 3.8) is 0 Å². The molecule has 1 amide bonds. The Morgan fingerprint density at radius 3 is 2.74 bits per heavy atom. The van der Waals surface area contributed by atoms with Crippen molar-refractivity contribution in [3.05, 3.63) is 59.9 Å². The Kier molecular flexibility index (Phi) is 7.77. The molecule has 3 aromatic rings. The van der Waals surface area contributed by atoms with E-state index in [-0.39, 0.29) is 42.8 Å². The lowest BCUT2D eigenvalue weighted by molar-refractivity contribution is -0.120. The number of carbonyl (C=O) groups is 1. The monoisotopic (exact) mass is 552 g/mol. The van der Waals surface area contributed by atoms with Crippen LogP contribution >= 0.6 is 0 Å². The van der Waals surface area contributed by atoms with Crippen molar-refractivity contribution in [1.82, 2.24) is 15.0 Å². The summed E-state index contributed by atoms with van der Waals surface area (Å²) in [4.78, 5) is 25.9. The highest BCUT2D eigenvalue weighted by atomic mass is 28.4. The number of benzene rings is 2. The summed E-state index contributed by atoms with van der Waals surface area (Å²) < 4.78 is 20.0. The SMILES string of the molecule is CO[C@@H]1c2cc(N3C(=O)COc4ccccc43)ccc2O[C@H](C(CCn2cc(CCO)nn2)[Si](C)(C)O)[C@H]1C. The molecule has 11 heteroatoms. The van der Waals surface area contributed by atoms with Crippen molar-refractivity contribution in [2.24, 2.45) is 5.92 Å². The third-order valence-corrected chi connectivity index (χ3v) is 10.1. The molecule has 0 saturated heterocycles. The maximum atomic E-state index is 12.9. The van der Waals surface area contributed by atoms with E-state index in [1.807, 2.05) is 61.8 Å². The Hall–Kier alpha value is -3.25. The van der Waals surface area contributed by atoms with Gasteiger partial charge in [-0.15, -0.1) is 5.10 Å². The van der Waals surface area contributed by atoms with Gasteiger partial charge in [0.2, 0.25) is 0 Å². The molecule has 2 N–H and O–H groups in total. The number of carbonyl (C=O) groups excluding carboxylic acids is 1. The number of aliphatic hydroxyl groups is 1. The van der Waals surface area contributed by atoms with Crippen molar-refractivity contribution in [1.29, 1.82) is 0 Å². The van der Waals surface area contributed by atoms with Crippen LogP contribution in [0.4, 0.5) is 11.4 Å². The number of rotatable bonds is 9. The Morgan fingerprint density at radius 2 is 2.00 bits per heavy atom. The lowest BCUT2D eigenvalue weighted by Crippen LogP contribution is -2.48. The molecule has 5 rings (SSSR count). The van der Waals surface area contributed by atoms with Crippen LogP contribution in [0.3, 0.4) is 0 Å². The van der Waals surface area contributed by atoms with Crippen LogP contribution in [0.5, 0.6) is 11.5 Å². The lowest BCUT2D eigenvalue weighted by Gasteiger charge is -2.44. The summed E-state index contributed by atoms with van der Waals surface area (Å²) in [5.74, 6) is 1.15. The molecule has 1 unspecified atom stereocenters. The zero-order valence-electron chi connectivity index (χ0n) is 22.8. The first-order valence-electron chi connectivity index (χ1n) is 13.3. The van der Waals surface area contributed by atoms with Gasteiger partial charge in [0.15, 0.2) is 14.9 Å². The molecule has 2 aliphatic rings. The summed E-state index contributed by atoms with van der Waals surface area (Å²) in [5.41, 5.74) is 2.94. The van der Waals surface area contributed by atoms with E-state index in [1.54, 1.807) is 16.7 Å². The molecule has 0 bridgehead atoms. The van der Waals surface area contributed by atoms with Crippen molar-refractivity contribution in [3.8, 4) is 11.5 Å². The quantitative estimate of drug-likeness (QED) is 0.387. The highest BCUT2D eigenvalue weighted by Crippen LogP contribution is 2.48. The van der Waals surface area contributed by atoms with E-state index in [0.717, 1.165) is 16.9 Å². The van der Waals surface area contributed by atoms with Crippen LogP contribution in [0, 0.1) is 5.92 Å². The fourth-order valence-corrected chi connectivity index (χ4v) is 7.77. The van der Waals surface area contributed by atoms with Crippen LogP contribution in [-0.2, 0) is 22.5 Å². The van der Waals surface area contributed by atoms with Crippen LogP contribution in [-0.4, -0.2) is 65.5 Å². The second kappa shape index (κ2) is 11.1. The number of hydrogen-bond donors (Lipinski definition) is 2. The van der Waals surface area contributed by atoms with Crippen LogP contribution in [0.1, 0.15) is 30.7 Å². The number of aromatic nitrogens is 3. The zero-order chi connectivity index (χ0) is 27.7. The van der Waals surface area contributed by atoms with Gasteiger partial charge >= 0.3 is 0 Å². The highest BCUT2D eigenvalue weighted by molar-refractivity contribution is 6.71. The molecule has 1 aromatic heterocycles. The number of fused-ring (bicyclic) bond motifs is 2. The Balaban J connectivity index is 1.43. The minimum Gasteiger partial charge on any atom is -0.490 e. The first-order valence-corrected chi connectivity index (χ1v) is 16.3. The van der Waals surface area contributed by atoms with Crippen molar-refractivity contribution >= 4 is 25.6 Å². The highest BCUT2D eigenvalue weighted by Gasteiger charge is 2.46. The van der Waals surface area contributed by atoms with Crippen LogP contribution < -0.4 is 14.4 Å². The minimum absolute atomic E-state index is 0.0249. The fraction of sp³-hybridized carbons (Fsp3) is 0.464. The van der Waals surface area contributed by atoms with E-state index in [1.165, 1.54) is 0 Å². The van der Waals surface area contributed by atoms with Gasteiger partial charge in [0, 0.05) is 55.6 Å². The maximum absolute atomic E-state index is 12.9. The van der Waals surface area contributed by atoms with Gasteiger partial charge in [0.1, 0.15) is 17.6 Å². The van der Waals surface area contributed by atoms with Gasteiger partial charge in [-0.1, -0.05) is 24.3 Å². The number of nitrogens with zero attached hydrogens (tertiary/aromatic N) is 4. The average Bonchev–Trinajstić information content (AvgIpc) is 3.35. The van der Waals surface area contributed by atoms with E-state index in [9.17, 15) is 14.7 Å². The zero-order valence-corrected chi connectivity index (χ0v) is 23.8. The molecule has 0 fully saturated rings. The molecule has 4 atom stereocenters. The smallest absolute Gasteiger partial charge is 0.269 e. The Bertz CT molecular complexity index is 1330. The topological polar surface area (TPSA) is 119 Å². The molecular formula is C28H36N4O6Si. The van der Waals surface area contributed by atoms with Crippen molar-refractivity contribution in [2.45, 2.75) is 57.2 Å². The molecule has 3 heterocycles. The van der Waals surface area contributed by atoms with Gasteiger partial charge < -0.3 is 24.1 Å². The number of ether oxygens (including phenoxy) is 3. The standard InChI is InChI=1S/C28H36N4O6Si/c1-18-27(36-2)21-15-20(32-22-7-5-6-8-24(22)37-17-26(32)34)9-10-23(21)38-28(18)25(39(3,4)35)11-13-31-16-19(12-14-33)29-30-31/h5-10,15-16,18,25,27-28,33,35H,11-14,17H2,1-4H3/t18-,25?,27-,28-/m0/s1. The largest absolute Gasteiger partial charge is 0.490 e. The summed E-state index contributed by atoms with van der Waals surface area (Å²) in [6.07, 6.45) is 2.40. The molecule has 0 aliphatic carbocycles.